The molecule has 0 spiro atoms. The molecule has 2 heterocycles. The van der Waals surface area contributed by atoms with Crippen molar-refractivity contribution < 1.29 is 4.79 Å². The van der Waals surface area contributed by atoms with Gasteiger partial charge in [0.25, 0.3) is 5.91 Å². The van der Waals surface area contributed by atoms with Gasteiger partial charge in [0.05, 0.1) is 16.8 Å². The molecule has 2 aromatic carbocycles. The van der Waals surface area contributed by atoms with Gasteiger partial charge in [0.15, 0.2) is 0 Å². The van der Waals surface area contributed by atoms with Crippen molar-refractivity contribution in [1.29, 1.82) is 0 Å². The van der Waals surface area contributed by atoms with Crippen molar-refractivity contribution >= 4 is 32.7 Å². The maximum Gasteiger partial charge on any atom is 0.252 e. The molecule has 0 aliphatic rings. The quantitative estimate of drug-likeness (QED) is 0.508. The van der Waals surface area contributed by atoms with Gasteiger partial charge in [-0.15, -0.1) is 0 Å². The molecule has 132 valence electrons. The second-order valence-corrected chi connectivity index (χ2v) is 7.04. The monoisotopic (exact) mass is 417 g/mol. The van der Waals surface area contributed by atoms with Crippen LogP contribution in [0.2, 0.25) is 0 Å². The molecule has 0 atom stereocenters. The van der Waals surface area contributed by atoms with Crippen molar-refractivity contribution in [3.05, 3.63) is 94.7 Å². The van der Waals surface area contributed by atoms with Gasteiger partial charge >= 0.3 is 0 Å². The van der Waals surface area contributed by atoms with Crippen molar-refractivity contribution in [2.24, 2.45) is 0 Å². The minimum Gasteiger partial charge on any atom is -0.348 e. The largest absolute Gasteiger partial charge is 0.348 e. The first kappa shape index (κ1) is 17.4. The highest BCUT2D eigenvalue weighted by molar-refractivity contribution is 9.10. The molecule has 0 unspecified atom stereocenters. The number of fused-ring (bicyclic) bond motifs is 1. The normalized spacial score (nSPS) is 10.7. The van der Waals surface area contributed by atoms with Gasteiger partial charge in [-0.05, 0) is 42.0 Å². The number of rotatable bonds is 4. The molecule has 5 heteroatoms. The molecule has 4 aromatic rings. The molecule has 2 aromatic heterocycles. The lowest BCUT2D eigenvalue weighted by atomic mass is 10.0. The molecule has 0 aliphatic carbocycles. The van der Waals surface area contributed by atoms with Gasteiger partial charge in [0, 0.05) is 34.4 Å². The number of nitrogens with one attached hydrogen (secondary N) is 1. The number of hydrogen-bond acceptors (Lipinski definition) is 3. The number of carbonyl (C=O) groups is 1. The topological polar surface area (TPSA) is 54.9 Å². The van der Waals surface area contributed by atoms with Crippen molar-refractivity contribution in [3.8, 4) is 11.3 Å². The van der Waals surface area contributed by atoms with Crippen LogP contribution in [-0.4, -0.2) is 15.9 Å². The third-order valence-electron chi connectivity index (χ3n) is 4.28. The van der Waals surface area contributed by atoms with Crippen LogP contribution in [-0.2, 0) is 6.54 Å². The van der Waals surface area contributed by atoms with E-state index < -0.39 is 0 Å². The van der Waals surface area contributed by atoms with Crippen LogP contribution in [0.5, 0.6) is 0 Å². The lowest BCUT2D eigenvalue weighted by Crippen LogP contribution is -2.23. The molecule has 0 saturated heterocycles. The zero-order valence-corrected chi connectivity index (χ0v) is 16.0. The average Bonchev–Trinajstić information content (AvgIpc) is 2.72. The number of halogens is 1. The van der Waals surface area contributed by atoms with Crippen LogP contribution in [0.4, 0.5) is 0 Å². The zero-order valence-electron chi connectivity index (χ0n) is 14.4. The SMILES string of the molecule is O=C(NCc1ccncc1)c1cc(-c2cccc(Br)c2)nc2ccccc12. The van der Waals surface area contributed by atoms with Crippen LogP contribution in [0.1, 0.15) is 15.9 Å². The van der Waals surface area contributed by atoms with E-state index in [0.29, 0.717) is 12.1 Å². The van der Waals surface area contributed by atoms with E-state index in [-0.39, 0.29) is 5.91 Å². The molecule has 27 heavy (non-hydrogen) atoms. The highest BCUT2D eigenvalue weighted by Crippen LogP contribution is 2.26. The maximum atomic E-state index is 12.9. The Hall–Kier alpha value is -3.05. The van der Waals surface area contributed by atoms with Gasteiger partial charge in [-0.25, -0.2) is 4.98 Å². The van der Waals surface area contributed by atoms with E-state index in [1.165, 1.54) is 0 Å². The van der Waals surface area contributed by atoms with Crippen LogP contribution < -0.4 is 5.32 Å². The van der Waals surface area contributed by atoms with Gasteiger partial charge in [0.1, 0.15) is 0 Å². The minimum atomic E-state index is -0.123. The smallest absolute Gasteiger partial charge is 0.252 e. The van der Waals surface area contributed by atoms with E-state index in [9.17, 15) is 4.79 Å². The fraction of sp³-hybridized carbons (Fsp3) is 0.0455. The summed E-state index contributed by atoms with van der Waals surface area (Å²) in [6.07, 6.45) is 3.43. The fourth-order valence-corrected chi connectivity index (χ4v) is 3.34. The van der Waals surface area contributed by atoms with Crippen molar-refractivity contribution in [3.63, 3.8) is 0 Å². The zero-order chi connectivity index (χ0) is 18.6. The molecular weight excluding hydrogens is 402 g/mol. The van der Waals surface area contributed by atoms with Gasteiger partial charge < -0.3 is 5.32 Å². The van der Waals surface area contributed by atoms with Crippen molar-refractivity contribution in [2.75, 3.05) is 0 Å². The Kier molecular flexibility index (Phi) is 4.94. The predicted molar refractivity (Wildman–Crippen MR) is 110 cm³/mol. The predicted octanol–water partition coefficient (Wildman–Crippen LogP) is 4.99. The fourth-order valence-electron chi connectivity index (χ4n) is 2.94. The second kappa shape index (κ2) is 7.68. The standard InChI is InChI=1S/C22H16BrN3O/c23-17-5-3-4-16(12-17)21-13-19(18-6-1-2-7-20(18)26-21)22(27)25-14-15-8-10-24-11-9-15/h1-13H,14H2,(H,25,27). The molecule has 1 amide bonds. The summed E-state index contributed by atoms with van der Waals surface area (Å²) in [7, 11) is 0. The first-order valence-electron chi connectivity index (χ1n) is 8.53. The first-order chi connectivity index (χ1) is 13.2. The van der Waals surface area contributed by atoms with Crippen LogP contribution in [0.3, 0.4) is 0 Å². The van der Waals surface area contributed by atoms with Gasteiger partial charge in [-0.2, -0.15) is 0 Å². The molecule has 0 bridgehead atoms. The van der Waals surface area contributed by atoms with Crippen LogP contribution >= 0.6 is 15.9 Å². The third kappa shape index (κ3) is 3.88. The molecule has 4 nitrogen and oxygen atoms in total. The molecule has 0 aliphatic heterocycles. The van der Waals surface area contributed by atoms with Crippen molar-refractivity contribution in [2.45, 2.75) is 6.54 Å². The highest BCUT2D eigenvalue weighted by atomic mass is 79.9. The number of para-hydroxylation sites is 1. The maximum absolute atomic E-state index is 12.9. The van der Waals surface area contributed by atoms with Gasteiger partial charge in [0.2, 0.25) is 0 Å². The number of benzene rings is 2. The minimum absolute atomic E-state index is 0.123. The summed E-state index contributed by atoms with van der Waals surface area (Å²) in [6.45, 7) is 0.449. The van der Waals surface area contributed by atoms with Crippen LogP contribution in [0, 0.1) is 0 Å². The summed E-state index contributed by atoms with van der Waals surface area (Å²) >= 11 is 3.50. The van der Waals surface area contributed by atoms with E-state index in [2.05, 4.69) is 26.2 Å². The summed E-state index contributed by atoms with van der Waals surface area (Å²) in [5.41, 5.74) is 4.14. The summed E-state index contributed by atoms with van der Waals surface area (Å²) in [4.78, 5) is 21.7. The Morgan fingerprint density at radius 1 is 0.963 bits per heavy atom. The molecular formula is C22H16BrN3O. The van der Waals surface area contributed by atoms with E-state index in [1.54, 1.807) is 12.4 Å². The summed E-state index contributed by atoms with van der Waals surface area (Å²) in [5.74, 6) is -0.123. The molecule has 4 rings (SSSR count). The Labute approximate surface area is 165 Å². The summed E-state index contributed by atoms with van der Waals surface area (Å²) in [5, 5.41) is 3.83. The van der Waals surface area contributed by atoms with E-state index in [1.807, 2.05) is 66.7 Å². The lowest BCUT2D eigenvalue weighted by molar-refractivity contribution is 0.0952. The Morgan fingerprint density at radius 3 is 2.59 bits per heavy atom. The van der Waals surface area contributed by atoms with E-state index in [0.717, 1.165) is 32.2 Å². The van der Waals surface area contributed by atoms with Gasteiger partial charge in [-0.3, -0.25) is 9.78 Å². The van der Waals surface area contributed by atoms with Gasteiger partial charge in [-0.1, -0.05) is 46.3 Å². The third-order valence-corrected chi connectivity index (χ3v) is 4.78. The number of nitrogens with zero attached hydrogens (tertiary/aromatic N) is 2. The molecule has 0 saturated carbocycles. The summed E-state index contributed by atoms with van der Waals surface area (Å²) < 4.78 is 0.971. The van der Waals surface area contributed by atoms with Crippen LogP contribution in [0.25, 0.3) is 22.2 Å². The molecule has 0 fully saturated rings. The second-order valence-electron chi connectivity index (χ2n) is 6.12. The van der Waals surface area contributed by atoms with Crippen molar-refractivity contribution in [1.82, 2.24) is 15.3 Å². The number of hydrogen-bond donors (Lipinski definition) is 1. The Bertz CT molecular complexity index is 1110. The Morgan fingerprint density at radius 2 is 1.78 bits per heavy atom. The highest BCUT2D eigenvalue weighted by Gasteiger charge is 2.14. The number of amides is 1. The lowest BCUT2D eigenvalue weighted by Gasteiger charge is -2.11. The van der Waals surface area contributed by atoms with E-state index >= 15 is 0 Å². The first-order valence-corrected chi connectivity index (χ1v) is 9.33. The number of carbonyl (C=O) groups excluding carboxylic acids is 1. The molecule has 0 radical (unpaired) electrons. The van der Waals surface area contributed by atoms with E-state index in [4.69, 9.17) is 4.98 Å². The number of aromatic nitrogens is 2. The average molecular weight is 418 g/mol. The van der Waals surface area contributed by atoms with Crippen LogP contribution in [0.15, 0.2) is 83.6 Å². The Balaban J connectivity index is 1.73. The summed E-state index contributed by atoms with van der Waals surface area (Å²) in [6, 6.07) is 21.2. The number of pyridine rings is 2. The molecule has 1 N–H and O–H groups in total.